The Bertz CT molecular complexity index is 1250. The van der Waals surface area contributed by atoms with Crippen LogP contribution in [0.25, 0.3) is 5.70 Å². The molecule has 0 aromatic heterocycles. The first-order chi connectivity index (χ1) is 21.3. The number of benzene rings is 2. The van der Waals surface area contributed by atoms with Crippen molar-refractivity contribution in [2.45, 2.75) is 58.0 Å². The summed E-state index contributed by atoms with van der Waals surface area (Å²) in [4.78, 5) is 19.1. The van der Waals surface area contributed by atoms with E-state index in [1.54, 1.807) is 30.3 Å². The minimum Gasteiger partial charge on any atom is -0.507 e. The van der Waals surface area contributed by atoms with Gasteiger partial charge in [0, 0.05) is 68.7 Å². The summed E-state index contributed by atoms with van der Waals surface area (Å²) in [5.41, 5.74) is 20.0. The molecule has 0 saturated carbocycles. The molecule has 0 bridgehead atoms. The van der Waals surface area contributed by atoms with Crippen molar-refractivity contribution in [2.24, 2.45) is 17.2 Å². The van der Waals surface area contributed by atoms with Gasteiger partial charge in [0.25, 0.3) is 0 Å². The number of ether oxygens (including phenoxy) is 2. The Hall–Kier alpha value is -4.05. The normalized spacial score (nSPS) is 17.8. The molecule has 2 aliphatic rings. The second-order valence-electron chi connectivity index (χ2n) is 11.6. The van der Waals surface area contributed by atoms with Crippen LogP contribution in [0, 0.1) is 0 Å². The third-order valence-electron chi connectivity index (χ3n) is 8.31. The first kappa shape index (κ1) is 32.9. The molecule has 1 atom stereocenters. The summed E-state index contributed by atoms with van der Waals surface area (Å²) in [6.45, 7) is 8.62. The van der Waals surface area contributed by atoms with Crippen LogP contribution in [0.2, 0.25) is 0 Å². The molecule has 0 radical (unpaired) electrons. The molecule has 10 heteroatoms. The summed E-state index contributed by atoms with van der Waals surface area (Å²) < 4.78 is 12.3. The van der Waals surface area contributed by atoms with Gasteiger partial charge in [-0.1, -0.05) is 38.3 Å². The number of anilines is 1. The number of hydrogen-bond acceptors (Lipinski definition) is 9. The highest BCUT2D eigenvalue weighted by molar-refractivity contribution is 5.76. The Morgan fingerprint density at radius 1 is 0.977 bits per heavy atom. The zero-order valence-electron chi connectivity index (χ0n) is 26.1. The first-order valence-electron chi connectivity index (χ1n) is 16.0. The number of unbranched alkanes of at least 4 members (excludes halogenated alkanes) is 3. The van der Waals surface area contributed by atoms with Crippen LogP contribution in [0.15, 0.2) is 66.2 Å². The largest absolute Gasteiger partial charge is 0.507 e. The van der Waals surface area contributed by atoms with Crippen LogP contribution in [0.3, 0.4) is 0 Å². The first-order valence-corrected chi connectivity index (χ1v) is 16.0. The Morgan fingerprint density at radius 3 is 2.43 bits per heavy atom. The maximum absolute atomic E-state index is 12.4. The lowest BCUT2D eigenvalue weighted by Gasteiger charge is -2.35. The fourth-order valence-corrected chi connectivity index (χ4v) is 5.70. The van der Waals surface area contributed by atoms with Crippen molar-refractivity contribution in [3.8, 4) is 11.5 Å². The Labute approximate surface area is 262 Å². The number of carbonyl (C=O) groups excluding carboxylic acids is 1. The average Bonchev–Trinajstić information content (AvgIpc) is 3.03. The predicted octanol–water partition coefficient (Wildman–Crippen LogP) is 3.96. The van der Waals surface area contributed by atoms with Crippen molar-refractivity contribution in [3.63, 3.8) is 0 Å². The molecule has 4 rings (SSSR count). The molecule has 0 aliphatic carbocycles. The van der Waals surface area contributed by atoms with Gasteiger partial charge in [-0.2, -0.15) is 0 Å². The molecule has 10 nitrogen and oxygen atoms in total. The minimum absolute atomic E-state index is 0.0372. The van der Waals surface area contributed by atoms with E-state index in [9.17, 15) is 9.90 Å². The summed E-state index contributed by atoms with van der Waals surface area (Å²) in [5.74, 6) is 1.55. The van der Waals surface area contributed by atoms with Gasteiger partial charge < -0.3 is 41.6 Å². The number of rotatable bonds is 14. The SMILES string of the molecule is CCCCCCC(=O)N1CCN(CCOc2ccc(N3CCCC(OC(/C=C(\N)c4ccccc4O)=C(N)N)C3)cc2)CC1. The predicted molar refractivity (Wildman–Crippen MR) is 176 cm³/mol. The van der Waals surface area contributed by atoms with Gasteiger partial charge in [0.05, 0.1) is 6.54 Å². The van der Waals surface area contributed by atoms with E-state index in [1.807, 2.05) is 17.0 Å². The average molecular weight is 607 g/mol. The Kier molecular flexibility index (Phi) is 12.5. The van der Waals surface area contributed by atoms with Crippen LogP contribution in [0.4, 0.5) is 5.69 Å². The number of allylic oxidation sites excluding steroid dienone is 1. The molecule has 2 fully saturated rings. The van der Waals surface area contributed by atoms with Gasteiger partial charge in [0.15, 0.2) is 5.76 Å². The van der Waals surface area contributed by atoms with Crippen molar-refractivity contribution in [1.29, 1.82) is 0 Å². The van der Waals surface area contributed by atoms with Crippen LogP contribution in [-0.2, 0) is 9.53 Å². The molecule has 2 saturated heterocycles. The number of nitrogens with zero attached hydrogens (tertiary/aromatic N) is 3. The summed E-state index contributed by atoms with van der Waals surface area (Å²) in [7, 11) is 0. The molecule has 2 aromatic rings. The van der Waals surface area contributed by atoms with Gasteiger partial charge in [-0.25, -0.2) is 0 Å². The topological polar surface area (TPSA) is 144 Å². The van der Waals surface area contributed by atoms with Crippen LogP contribution in [-0.4, -0.2) is 79.3 Å². The molecule has 2 aliphatic heterocycles. The van der Waals surface area contributed by atoms with E-state index in [4.69, 9.17) is 26.7 Å². The van der Waals surface area contributed by atoms with E-state index in [-0.39, 0.29) is 17.7 Å². The summed E-state index contributed by atoms with van der Waals surface area (Å²) in [5, 5.41) is 10.1. The van der Waals surface area contributed by atoms with E-state index < -0.39 is 0 Å². The smallest absolute Gasteiger partial charge is 0.222 e. The number of phenols is 1. The van der Waals surface area contributed by atoms with E-state index in [1.165, 1.54) is 12.8 Å². The van der Waals surface area contributed by atoms with Gasteiger partial charge >= 0.3 is 0 Å². The summed E-state index contributed by atoms with van der Waals surface area (Å²) >= 11 is 0. The highest BCUT2D eigenvalue weighted by atomic mass is 16.5. The zero-order valence-corrected chi connectivity index (χ0v) is 26.1. The number of amides is 1. The van der Waals surface area contributed by atoms with Crippen LogP contribution in [0.1, 0.15) is 57.4 Å². The highest BCUT2D eigenvalue weighted by Crippen LogP contribution is 2.27. The standard InChI is InChI=1S/C34H50N6O4/c1-2-3-4-5-12-33(42)39-20-18-38(19-21-39)22-23-43-27-15-13-26(14-16-27)40-17-8-9-28(25-40)44-32(34(36)37)24-30(35)29-10-6-7-11-31(29)41/h6-7,10-11,13-16,24,28,41H,2-5,8-9,12,17-23,25,35-37H2,1H3/b30-24-. The van der Waals surface area contributed by atoms with Crippen molar-refractivity contribution in [1.82, 2.24) is 9.80 Å². The highest BCUT2D eigenvalue weighted by Gasteiger charge is 2.23. The lowest BCUT2D eigenvalue weighted by atomic mass is 10.1. The van der Waals surface area contributed by atoms with Crippen molar-refractivity contribution in [2.75, 3.05) is 57.3 Å². The van der Waals surface area contributed by atoms with Gasteiger partial charge in [0.1, 0.15) is 30.0 Å². The van der Waals surface area contributed by atoms with Crippen LogP contribution in [0.5, 0.6) is 11.5 Å². The second kappa shape index (κ2) is 16.7. The number of piperazine rings is 1. The number of hydrogen-bond donors (Lipinski definition) is 4. The van der Waals surface area contributed by atoms with Crippen molar-refractivity contribution in [3.05, 3.63) is 71.8 Å². The molecule has 2 aromatic carbocycles. The lowest BCUT2D eigenvalue weighted by molar-refractivity contribution is -0.133. The molecule has 240 valence electrons. The minimum atomic E-state index is -0.123. The fourth-order valence-electron chi connectivity index (χ4n) is 5.70. The molecular formula is C34H50N6O4. The van der Waals surface area contributed by atoms with Gasteiger partial charge in [-0.3, -0.25) is 9.69 Å². The molecule has 2 heterocycles. The number of aromatic hydroxyl groups is 1. The van der Waals surface area contributed by atoms with E-state index >= 15 is 0 Å². The molecule has 0 spiro atoms. The second-order valence-corrected chi connectivity index (χ2v) is 11.6. The van der Waals surface area contributed by atoms with Gasteiger partial charge in [-0.05, 0) is 55.7 Å². The van der Waals surface area contributed by atoms with Crippen LogP contribution >= 0.6 is 0 Å². The van der Waals surface area contributed by atoms with E-state index in [0.717, 1.165) is 76.4 Å². The zero-order chi connectivity index (χ0) is 31.3. The number of nitrogens with two attached hydrogens (primary N) is 3. The molecule has 1 amide bonds. The van der Waals surface area contributed by atoms with Gasteiger partial charge in [0.2, 0.25) is 5.91 Å². The van der Waals surface area contributed by atoms with E-state index in [0.29, 0.717) is 42.5 Å². The van der Waals surface area contributed by atoms with Crippen LogP contribution < -0.4 is 26.8 Å². The number of piperidine rings is 1. The maximum atomic E-state index is 12.4. The number of para-hydroxylation sites is 1. The third-order valence-corrected chi connectivity index (χ3v) is 8.31. The molecule has 1 unspecified atom stereocenters. The van der Waals surface area contributed by atoms with Crippen molar-refractivity contribution >= 4 is 17.3 Å². The summed E-state index contributed by atoms with van der Waals surface area (Å²) in [6.07, 6.45) is 8.49. The van der Waals surface area contributed by atoms with Gasteiger partial charge in [-0.15, -0.1) is 0 Å². The summed E-state index contributed by atoms with van der Waals surface area (Å²) in [6, 6.07) is 15.0. The monoisotopic (exact) mass is 606 g/mol. The van der Waals surface area contributed by atoms with Crippen molar-refractivity contribution < 1.29 is 19.4 Å². The molecule has 7 N–H and O–H groups in total. The number of phenolic OH excluding ortho intramolecular Hbond substituents is 1. The maximum Gasteiger partial charge on any atom is 0.222 e. The molecular weight excluding hydrogens is 556 g/mol. The fraction of sp³-hybridized carbons (Fsp3) is 0.500. The third kappa shape index (κ3) is 9.74. The lowest BCUT2D eigenvalue weighted by Crippen LogP contribution is -2.49. The Balaban J connectivity index is 1.21. The Morgan fingerprint density at radius 2 is 1.73 bits per heavy atom. The van der Waals surface area contributed by atoms with E-state index in [2.05, 4.69) is 28.9 Å². The quantitative estimate of drug-likeness (QED) is 0.143. The number of carbonyl (C=O) groups is 1. The molecule has 44 heavy (non-hydrogen) atoms.